The van der Waals surface area contributed by atoms with Crippen LogP contribution >= 0.6 is 0 Å². The Balaban J connectivity index is 2.04. The summed E-state index contributed by atoms with van der Waals surface area (Å²) in [5.74, 6) is -0.666. The third kappa shape index (κ3) is 2.97. The van der Waals surface area contributed by atoms with Gasteiger partial charge in [0.2, 0.25) is 0 Å². The fourth-order valence-electron chi connectivity index (χ4n) is 2.37. The van der Waals surface area contributed by atoms with Crippen molar-refractivity contribution in [3.05, 3.63) is 75.8 Å². The van der Waals surface area contributed by atoms with Crippen molar-refractivity contribution in [2.24, 2.45) is 0 Å². The fraction of sp³-hybridized carbons (Fsp3) is 0.118. The molecule has 3 rings (SSSR count). The normalized spacial score (nSPS) is 10.7. The number of aromatic nitrogens is 2. The number of hydroxylamine groups is 1. The van der Waals surface area contributed by atoms with Crippen LogP contribution in [-0.2, 0) is 6.54 Å². The molecule has 0 saturated carbocycles. The van der Waals surface area contributed by atoms with Crippen LogP contribution in [0.1, 0.15) is 21.5 Å². The number of carbonyl (C=O) groups excluding carboxylic acids is 1. The average molecular weight is 309 g/mol. The lowest BCUT2D eigenvalue weighted by atomic mass is 10.1. The van der Waals surface area contributed by atoms with E-state index in [0.717, 1.165) is 11.1 Å². The topological polar surface area (TPSA) is 84.2 Å². The zero-order chi connectivity index (χ0) is 16.4. The van der Waals surface area contributed by atoms with E-state index in [1.165, 1.54) is 23.0 Å². The molecule has 3 aromatic rings. The summed E-state index contributed by atoms with van der Waals surface area (Å²) in [6.07, 6.45) is 1.50. The number of aryl methyl sites for hydroxylation is 1. The van der Waals surface area contributed by atoms with E-state index in [-0.39, 0.29) is 11.1 Å². The molecule has 6 heteroatoms. The monoisotopic (exact) mass is 309 g/mol. The molecule has 1 heterocycles. The molecule has 6 nitrogen and oxygen atoms in total. The standard InChI is InChI=1S/C17H15N3O3/c1-11-2-4-12(5-3-11)9-20-10-18-15-7-6-13(16(21)19-23)8-14(15)17(20)22/h2-8,10,23H,9H2,1H3,(H,19,21). The first-order valence-corrected chi connectivity index (χ1v) is 7.07. The van der Waals surface area contributed by atoms with Crippen LogP contribution in [0.5, 0.6) is 0 Å². The quantitative estimate of drug-likeness (QED) is 0.571. The van der Waals surface area contributed by atoms with Crippen molar-refractivity contribution in [2.75, 3.05) is 0 Å². The van der Waals surface area contributed by atoms with E-state index in [0.29, 0.717) is 17.4 Å². The van der Waals surface area contributed by atoms with E-state index in [1.807, 2.05) is 31.2 Å². The summed E-state index contributed by atoms with van der Waals surface area (Å²) in [5.41, 5.74) is 4.17. The molecular formula is C17H15N3O3. The van der Waals surface area contributed by atoms with Crippen LogP contribution in [0.2, 0.25) is 0 Å². The predicted molar refractivity (Wildman–Crippen MR) is 85.5 cm³/mol. The van der Waals surface area contributed by atoms with E-state index in [2.05, 4.69) is 4.98 Å². The zero-order valence-corrected chi connectivity index (χ0v) is 12.5. The molecule has 1 aromatic heterocycles. The number of benzene rings is 2. The first-order valence-electron chi connectivity index (χ1n) is 7.07. The number of nitrogens with one attached hydrogen (secondary N) is 1. The molecule has 0 atom stereocenters. The second kappa shape index (κ2) is 6.02. The second-order valence-corrected chi connectivity index (χ2v) is 5.34. The van der Waals surface area contributed by atoms with Crippen LogP contribution in [0.15, 0.2) is 53.6 Å². The van der Waals surface area contributed by atoms with Gasteiger partial charge in [0.05, 0.1) is 23.8 Å². The Morgan fingerprint density at radius 1 is 1.22 bits per heavy atom. The van der Waals surface area contributed by atoms with E-state index in [9.17, 15) is 9.59 Å². The van der Waals surface area contributed by atoms with E-state index < -0.39 is 5.91 Å². The van der Waals surface area contributed by atoms with Crippen molar-refractivity contribution in [3.8, 4) is 0 Å². The lowest BCUT2D eigenvalue weighted by molar-refractivity contribution is 0.0706. The molecule has 0 aliphatic rings. The zero-order valence-electron chi connectivity index (χ0n) is 12.5. The molecule has 0 aliphatic carbocycles. The maximum atomic E-state index is 12.6. The first kappa shape index (κ1) is 14.9. The highest BCUT2D eigenvalue weighted by atomic mass is 16.5. The minimum atomic E-state index is -0.666. The van der Waals surface area contributed by atoms with E-state index in [4.69, 9.17) is 5.21 Å². The molecule has 2 aromatic carbocycles. The minimum absolute atomic E-state index is 0.201. The number of fused-ring (bicyclic) bond motifs is 1. The van der Waals surface area contributed by atoms with Crippen molar-refractivity contribution in [3.63, 3.8) is 0 Å². The molecular weight excluding hydrogens is 294 g/mol. The highest BCUT2D eigenvalue weighted by molar-refractivity contribution is 5.97. The van der Waals surface area contributed by atoms with Gasteiger partial charge in [0.25, 0.3) is 11.5 Å². The summed E-state index contributed by atoms with van der Waals surface area (Å²) >= 11 is 0. The second-order valence-electron chi connectivity index (χ2n) is 5.34. The molecule has 0 saturated heterocycles. The highest BCUT2D eigenvalue weighted by Gasteiger charge is 2.09. The number of rotatable bonds is 3. The summed E-state index contributed by atoms with van der Waals surface area (Å²) in [6.45, 7) is 2.40. The smallest absolute Gasteiger partial charge is 0.274 e. The minimum Gasteiger partial charge on any atom is -0.294 e. The molecule has 0 unspecified atom stereocenters. The third-order valence-corrected chi connectivity index (χ3v) is 3.66. The SMILES string of the molecule is Cc1ccc(Cn2cnc3ccc(C(=O)NO)cc3c2=O)cc1. The molecule has 23 heavy (non-hydrogen) atoms. The van der Waals surface area contributed by atoms with Gasteiger partial charge >= 0.3 is 0 Å². The molecule has 2 N–H and O–H groups in total. The summed E-state index contributed by atoms with van der Waals surface area (Å²) in [5, 5.41) is 9.04. The van der Waals surface area contributed by atoms with Gasteiger partial charge in [-0.1, -0.05) is 29.8 Å². The van der Waals surface area contributed by atoms with Gasteiger partial charge in [0.15, 0.2) is 0 Å². The van der Waals surface area contributed by atoms with Crippen molar-refractivity contribution < 1.29 is 10.0 Å². The summed E-state index contributed by atoms with van der Waals surface area (Å²) < 4.78 is 1.49. The number of amides is 1. The van der Waals surface area contributed by atoms with Crippen LogP contribution in [0, 0.1) is 6.92 Å². The van der Waals surface area contributed by atoms with Crippen LogP contribution in [0.3, 0.4) is 0 Å². The van der Waals surface area contributed by atoms with Gasteiger partial charge in [0.1, 0.15) is 0 Å². The van der Waals surface area contributed by atoms with Crippen LogP contribution in [0.4, 0.5) is 0 Å². The Bertz CT molecular complexity index is 930. The lowest BCUT2D eigenvalue weighted by Crippen LogP contribution is -2.23. The molecule has 1 amide bonds. The van der Waals surface area contributed by atoms with Crippen LogP contribution in [0.25, 0.3) is 10.9 Å². The van der Waals surface area contributed by atoms with Crippen molar-refractivity contribution in [2.45, 2.75) is 13.5 Å². The average Bonchev–Trinajstić information content (AvgIpc) is 2.58. The van der Waals surface area contributed by atoms with Gasteiger partial charge in [-0.15, -0.1) is 0 Å². The Hall–Kier alpha value is -2.99. The van der Waals surface area contributed by atoms with Crippen LogP contribution in [-0.4, -0.2) is 20.7 Å². The van der Waals surface area contributed by atoms with Gasteiger partial charge in [0, 0.05) is 5.56 Å². The maximum Gasteiger partial charge on any atom is 0.274 e. The maximum absolute atomic E-state index is 12.6. The molecule has 116 valence electrons. The molecule has 0 bridgehead atoms. The molecule has 0 fully saturated rings. The number of carbonyl (C=O) groups is 1. The van der Waals surface area contributed by atoms with Gasteiger partial charge in [-0.25, -0.2) is 10.5 Å². The summed E-state index contributed by atoms with van der Waals surface area (Å²) in [4.78, 5) is 28.3. The Labute approximate surface area is 132 Å². The molecule has 0 spiro atoms. The third-order valence-electron chi connectivity index (χ3n) is 3.66. The van der Waals surface area contributed by atoms with Gasteiger partial charge in [-0.05, 0) is 30.7 Å². The van der Waals surface area contributed by atoms with Crippen molar-refractivity contribution in [1.82, 2.24) is 15.0 Å². The predicted octanol–water partition coefficient (Wildman–Crippen LogP) is 1.87. The summed E-state index contributed by atoms with van der Waals surface area (Å²) in [7, 11) is 0. The first-order chi connectivity index (χ1) is 11.1. The fourth-order valence-corrected chi connectivity index (χ4v) is 2.37. The Morgan fingerprint density at radius 3 is 2.65 bits per heavy atom. The van der Waals surface area contributed by atoms with Crippen molar-refractivity contribution >= 4 is 16.8 Å². The molecule has 0 aliphatic heterocycles. The Morgan fingerprint density at radius 2 is 1.96 bits per heavy atom. The van der Waals surface area contributed by atoms with Gasteiger partial charge in [-0.3, -0.25) is 19.4 Å². The summed E-state index contributed by atoms with van der Waals surface area (Å²) in [6, 6.07) is 12.4. The van der Waals surface area contributed by atoms with Crippen molar-refractivity contribution in [1.29, 1.82) is 0 Å². The largest absolute Gasteiger partial charge is 0.294 e. The number of nitrogens with zero attached hydrogens (tertiary/aromatic N) is 2. The number of hydrogen-bond acceptors (Lipinski definition) is 4. The highest BCUT2D eigenvalue weighted by Crippen LogP contribution is 2.11. The Kier molecular flexibility index (Phi) is 3.91. The number of hydrogen-bond donors (Lipinski definition) is 2. The van der Waals surface area contributed by atoms with Gasteiger partial charge < -0.3 is 0 Å². The van der Waals surface area contributed by atoms with Gasteiger partial charge in [-0.2, -0.15) is 0 Å². The molecule has 0 radical (unpaired) electrons. The van der Waals surface area contributed by atoms with E-state index in [1.54, 1.807) is 11.5 Å². The lowest BCUT2D eigenvalue weighted by Gasteiger charge is -2.08. The van der Waals surface area contributed by atoms with Crippen LogP contribution < -0.4 is 11.0 Å². The van der Waals surface area contributed by atoms with E-state index >= 15 is 0 Å².